The van der Waals surface area contributed by atoms with Gasteiger partial charge in [-0.05, 0) is 61.9 Å². The Morgan fingerprint density at radius 3 is 2.25 bits per heavy atom. The van der Waals surface area contributed by atoms with E-state index in [9.17, 15) is 26.7 Å². The summed E-state index contributed by atoms with van der Waals surface area (Å²) in [7, 11) is -4.08. The van der Waals surface area contributed by atoms with Crippen molar-refractivity contribution in [2.75, 3.05) is 4.31 Å². The second-order valence-electron chi connectivity index (χ2n) is 7.35. The molecule has 0 aliphatic heterocycles. The summed E-state index contributed by atoms with van der Waals surface area (Å²) in [4.78, 5) is 0.00697. The Balaban J connectivity index is 2.10. The molecule has 0 spiro atoms. The number of alkyl halides is 3. The van der Waals surface area contributed by atoms with E-state index in [1.807, 2.05) is 0 Å². The Bertz CT molecular complexity index is 1180. The van der Waals surface area contributed by atoms with Crippen molar-refractivity contribution in [1.29, 1.82) is 0 Å². The van der Waals surface area contributed by atoms with E-state index in [0.717, 1.165) is 22.5 Å². The number of phenols is 1. The normalized spacial score (nSPS) is 12.1. The summed E-state index contributed by atoms with van der Waals surface area (Å²) in [6.07, 6.45) is -4.64. The topological polar surface area (TPSA) is 66.8 Å². The van der Waals surface area contributed by atoms with Gasteiger partial charge >= 0.3 is 6.18 Å². The molecule has 170 valence electrons. The van der Waals surface area contributed by atoms with E-state index in [0.29, 0.717) is 5.56 Å². The predicted octanol–water partition coefficient (Wildman–Crippen LogP) is 5.59. The maximum absolute atomic E-state index is 13.4. The molecule has 0 aliphatic carbocycles. The highest BCUT2D eigenvalue weighted by atomic mass is 32.2. The van der Waals surface area contributed by atoms with Crippen LogP contribution < -0.4 is 9.04 Å². The fraction of sp³-hybridized carbons (Fsp3) is 0.217. The molecule has 3 aromatic rings. The Morgan fingerprint density at radius 1 is 0.969 bits per heavy atom. The first-order chi connectivity index (χ1) is 15.0. The van der Waals surface area contributed by atoms with Crippen LogP contribution in [-0.2, 0) is 22.8 Å². The van der Waals surface area contributed by atoms with Crippen molar-refractivity contribution < 1.29 is 31.4 Å². The van der Waals surface area contributed by atoms with Crippen molar-refractivity contribution in [1.82, 2.24) is 0 Å². The summed E-state index contributed by atoms with van der Waals surface area (Å²) in [6, 6.07) is 15.8. The van der Waals surface area contributed by atoms with E-state index in [4.69, 9.17) is 4.74 Å². The van der Waals surface area contributed by atoms with E-state index in [1.165, 1.54) is 24.3 Å². The molecule has 0 saturated heterocycles. The number of anilines is 1. The van der Waals surface area contributed by atoms with Crippen LogP contribution in [0, 0.1) is 0 Å². The molecule has 0 radical (unpaired) electrons. The number of aromatic hydroxyl groups is 1. The van der Waals surface area contributed by atoms with E-state index in [2.05, 4.69) is 0 Å². The van der Waals surface area contributed by atoms with Gasteiger partial charge in [-0.15, -0.1) is 0 Å². The molecule has 1 N–H and O–H groups in total. The van der Waals surface area contributed by atoms with Gasteiger partial charge in [0.05, 0.1) is 16.1 Å². The molecule has 0 saturated carbocycles. The van der Waals surface area contributed by atoms with Crippen LogP contribution in [0.1, 0.15) is 25.0 Å². The van der Waals surface area contributed by atoms with Crippen LogP contribution in [0.25, 0.3) is 0 Å². The number of hydrogen-bond acceptors (Lipinski definition) is 4. The summed E-state index contributed by atoms with van der Waals surface area (Å²) in [5, 5.41) is 9.62. The summed E-state index contributed by atoms with van der Waals surface area (Å²) in [6.45, 7) is 3.08. The van der Waals surface area contributed by atoms with E-state index < -0.39 is 27.8 Å². The maximum atomic E-state index is 13.4. The molecule has 0 fully saturated rings. The minimum atomic E-state index is -4.64. The van der Waals surface area contributed by atoms with Crippen LogP contribution in [0.15, 0.2) is 77.7 Å². The number of hydrogen-bond donors (Lipinski definition) is 1. The standard InChI is InChI=1S/C23H22F3NO4S/c1-16(2)27(32(29,30)20-9-4-3-5-10-20)21-12-11-18(23(24,25)26)14-22(21)31-15-17-7-6-8-19(28)13-17/h3-14,16,28H,15H2,1-2H3. The maximum Gasteiger partial charge on any atom is 0.416 e. The first kappa shape index (κ1) is 23.5. The number of rotatable bonds is 7. The fourth-order valence-corrected chi connectivity index (χ4v) is 4.88. The third kappa shape index (κ3) is 5.16. The van der Waals surface area contributed by atoms with Gasteiger partial charge in [-0.1, -0.05) is 30.3 Å². The SMILES string of the molecule is CC(C)N(c1ccc(C(F)(F)F)cc1OCc1cccc(O)c1)S(=O)(=O)c1ccccc1. The van der Waals surface area contributed by atoms with Crippen molar-refractivity contribution in [2.45, 2.75) is 37.6 Å². The third-order valence-corrected chi connectivity index (χ3v) is 6.60. The molecule has 0 heterocycles. The van der Waals surface area contributed by atoms with Crippen molar-refractivity contribution in [3.05, 3.63) is 83.9 Å². The molecule has 32 heavy (non-hydrogen) atoms. The van der Waals surface area contributed by atoms with E-state index in [-0.39, 0.29) is 28.7 Å². The van der Waals surface area contributed by atoms with Crippen molar-refractivity contribution in [3.63, 3.8) is 0 Å². The molecule has 3 rings (SSSR count). The zero-order valence-corrected chi connectivity index (χ0v) is 18.2. The lowest BCUT2D eigenvalue weighted by Gasteiger charge is -2.30. The van der Waals surface area contributed by atoms with Gasteiger partial charge in [0, 0.05) is 6.04 Å². The first-order valence-electron chi connectivity index (χ1n) is 9.71. The average Bonchev–Trinajstić information content (AvgIpc) is 2.72. The molecular weight excluding hydrogens is 443 g/mol. The van der Waals surface area contributed by atoms with Gasteiger partial charge in [0.25, 0.3) is 10.0 Å². The largest absolute Gasteiger partial charge is 0.508 e. The molecule has 3 aromatic carbocycles. The third-order valence-electron chi connectivity index (χ3n) is 4.60. The monoisotopic (exact) mass is 465 g/mol. The van der Waals surface area contributed by atoms with Crippen molar-refractivity contribution in [3.8, 4) is 11.5 Å². The number of sulfonamides is 1. The summed E-state index contributed by atoms with van der Waals surface area (Å²) < 4.78 is 73.4. The lowest BCUT2D eigenvalue weighted by atomic mass is 10.1. The smallest absolute Gasteiger partial charge is 0.416 e. The van der Waals surface area contributed by atoms with E-state index >= 15 is 0 Å². The van der Waals surface area contributed by atoms with Gasteiger partial charge in [-0.25, -0.2) is 8.42 Å². The van der Waals surface area contributed by atoms with Crippen LogP contribution in [0.2, 0.25) is 0 Å². The second-order valence-corrected chi connectivity index (χ2v) is 9.16. The highest BCUT2D eigenvalue weighted by Gasteiger charge is 2.34. The first-order valence-corrected chi connectivity index (χ1v) is 11.2. The fourth-order valence-electron chi connectivity index (χ4n) is 3.19. The van der Waals surface area contributed by atoms with E-state index in [1.54, 1.807) is 44.2 Å². The number of ether oxygens (including phenoxy) is 1. The van der Waals surface area contributed by atoms with Gasteiger partial charge in [-0.2, -0.15) is 13.2 Å². The average molecular weight is 465 g/mol. The number of halogens is 3. The molecule has 0 aliphatic rings. The minimum Gasteiger partial charge on any atom is -0.508 e. The lowest BCUT2D eigenvalue weighted by molar-refractivity contribution is -0.137. The van der Waals surface area contributed by atoms with Crippen LogP contribution in [0.4, 0.5) is 18.9 Å². The summed E-state index contributed by atoms with van der Waals surface area (Å²) in [5.41, 5.74) is -0.472. The Morgan fingerprint density at radius 2 is 1.66 bits per heavy atom. The molecule has 0 aromatic heterocycles. The molecular formula is C23H22F3NO4S. The van der Waals surface area contributed by atoms with Gasteiger partial charge in [-0.3, -0.25) is 4.31 Å². The predicted molar refractivity (Wildman–Crippen MR) is 115 cm³/mol. The lowest BCUT2D eigenvalue weighted by Crippen LogP contribution is -2.37. The second kappa shape index (κ2) is 9.12. The molecule has 0 unspecified atom stereocenters. The Labute approximate surface area is 184 Å². The summed E-state index contributed by atoms with van der Waals surface area (Å²) >= 11 is 0. The highest BCUT2D eigenvalue weighted by Crippen LogP contribution is 2.39. The zero-order valence-electron chi connectivity index (χ0n) is 17.4. The molecule has 0 bridgehead atoms. The number of nitrogens with zero attached hydrogens (tertiary/aromatic N) is 1. The van der Waals surface area contributed by atoms with Crippen molar-refractivity contribution >= 4 is 15.7 Å². The van der Waals surface area contributed by atoms with Gasteiger partial charge in [0.1, 0.15) is 18.1 Å². The van der Waals surface area contributed by atoms with Gasteiger partial charge < -0.3 is 9.84 Å². The Hall–Kier alpha value is -3.20. The van der Waals surface area contributed by atoms with Gasteiger partial charge in [0.2, 0.25) is 0 Å². The van der Waals surface area contributed by atoms with Crippen LogP contribution in [0.3, 0.4) is 0 Å². The molecule has 5 nitrogen and oxygen atoms in total. The Kier molecular flexibility index (Phi) is 6.68. The molecule has 9 heteroatoms. The molecule has 0 atom stereocenters. The van der Waals surface area contributed by atoms with Crippen molar-refractivity contribution in [2.24, 2.45) is 0 Å². The highest BCUT2D eigenvalue weighted by molar-refractivity contribution is 7.92. The summed E-state index contributed by atoms with van der Waals surface area (Å²) in [5.74, 6) is -0.262. The number of phenolic OH excluding ortho intramolecular Hbond substituents is 1. The minimum absolute atomic E-state index is 0.00697. The zero-order chi connectivity index (χ0) is 23.5. The van der Waals surface area contributed by atoms with Crippen LogP contribution >= 0.6 is 0 Å². The number of benzene rings is 3. The molecule has 0 amide bonds. The quantitative estimate of drug-likeness (QED) is 0.494. The van der Waals surface area contributed by atoms with Crippen LogP contribution in [-0.4, -0.2) is 19.6 Å². The van der Waals surface area contributed by atoms with Crippen LogP contribution in [0.5, 0.6) is 11.5 Å². The van der Waals surface area contributed by atoms with Gasteiger partial charge in [0.15, 0.2) is 0 Å².